The zero-order valence-electron chi connectivity index (χ0n) is 20.8. The van der Waals surface area contributed by atoms with Crippen molar-refractivity contribution in [2.45, 2.75) is 122 Å². The molecule has 0 aliphatic carbocycles. The van der Waals surface area contributed by atoms with E-state index in [1.165, 1.54) is 32.1 Å². The van der Waals surface area contributed by atoms with Gasteiger partial charge in [-0.25, -0.2) is 0 Å². The number of carboxylic acids is 1. The molecule has 0 radical (unpaired) electrons. The lowest BCUT2D eigenvalue weighted by molar-refractivity contribution is -0.875. The molecule has 0 amide bonds. The van der Waals surface area contributed by atoms with Gasteiger partial charge >= 0.3 is 5.97 Å². The molecule has 0 aromatic rings. The van der Waals surface area contributed by atoms with Gasteiger partial charge in [0.25, 0.3) is 0 Å². The van der Waals surface area contributed by atoms with E-state index in [0.717, 1.165) is 44.9 Å². The monoisotopic (exact) mass is 428 g/mol. The Labute approximate surface area is 186 Å². The van der Waals surface area contributed by atoms with Crippen LogP contribution in [0.4, 0.5) is 0 Å². The van der Waals surface area contributed by atoms with Crippen LogP contribution in [0.15, 0.2) is 0 Å². The molecular formula is C25H50NO4+. The highest BCUT2D eigenvalue weighted by Crippen LogP contribution is 2.27. The number of carboxylic acid groups (broad SMARTS) is 1. The van der Waals surface area contributed by atoms with Crippen LogP contribution in [0, 0.1) is 0 Å². The summed E-state index contributed by atoms with van der Waals surface area (Å²) in [4.78, 5) is 25.0. The number of nitrogens with zero attached hydrogens (tertiary/aromatic N) is 1. The molecule has 0 aromatic carbocycles. The summed E-state index contributed by atoms with van der Waals surface area (Å²) in [6.07, 6.45) is 13.5. The molecule has 0 saturated carbocycles. The Bertz CT molecular complexity index is 472. The lowest BCUT2D eigenvalue weighted by Gasteiger charge is -2.39. The van der Waals surface area contributed by atoms with E-state index in [1.807, 2.05) is 28.1 Å². The van der Waals surface area contributed by atoms with E-state index < -0.39 is 11.6 Å². The molecule has 0 aliphatic heterocycles. The third kappa shape index (κ3) is 14.1. The minimum absolute atomic E-state index is 0.0359. The van der Waals surface area contributed by atoms with Gasteiger partial charge in [-0.15, -0.1) is 0 Å². The van der Waals surface area contributed by atoms with Gasteiger partial charge in [0.15, 0.2) is 11.4 Å². The number of ketones is 1. The molecule has 0 heterocycles. The first-order valence-electron chi connectivity index (χ1n) is 12.3. The molecule has 0 bridgehead atoms. The van der Waals surface area contributed by atoms with Crippen molar-refractivity contribution in [3.63, 3.8) is 0 Å². The number of rotatable bonds is 20. The average Bonchev–Trinajstić information content (AvgIpc) is 2.61. The zero-order valence-corrected chi connectivity index (χ0v) is 20.8. The molecule has 0 aromatic heterocycles. The fourth-order valence-electron chi connectivity index (χ4n) is 4.17. The van der Waals surface area contributed by atoms with Crippen LogP contribution in [0.5, 0.6) is 0 Å². The summed E-state index contributed by atoms with van der Waals surface area (Å²) in [5, 5.41) is 9.60. The Morgan fingerprint density at radius 2 is 1.37 bits per heavy atom. The van der Waals surface area contributed by atoms with Crippen molar-refractivity contribution in [1.29, 1.82) is 0 Å². The second kappa shape index (κ2) is 15.8. The number of Topliss-reactive ketones (excluding diaryl/α,β-unsaturated/α-hetero) is 1. The second-order valence-corrected chi connectivity index (χ2v) is 10.1. The van der Waals surface area contributed by atoms with Gasteiger partial charge in [0.2, 0.25) is 0 Å². The average molecular weight is 429 g/mol. The van der Waals surface area contributed by atoms with E-state index in [1.54, 1.807) is 0 Å². The maximum atomic E-state index is 13.3. The van der Waals surface area contributed by atoms with Crippen LogP contribution in [-0.4, -0.2) is 60.7 Å². The number of likely N-dealkylation sites (N-methyl/N-ethyl adjacent to an activating group) is 1. The van der Waals surface area contributed by atoms with Gasteiger partial charge in [0.05, 0.1) is 33.7 Å². The fraction of sp³-hybridized carbons (Fsp3) is 0.920. The van der Waals surface area contributed by atoms with Crippen molar-refractivity contribution in [2.75, 3.05) is 27.7 Å². The number of hydrogen-bond acceptors (Lipinski definition) is 3. The third-order valence-electron chi connectivity index (χ3n) is 5.57. The van der Waals surface area contributed by atoms with Crippen LogP contribution >= 0.6 is 0 Å². The molecule has 5 heteroatoms. The maximum absolute atomic E-state index is 13.3. The number of aliphatic carboxylic acids is 1. The number of quaternary nitrogens is 1. The predicted molar refractivity (Wildman–Crippen MR) is 125 cm³/mol. The largest absolute Gasteiger partial charge is 0.481 e. The summed E-state index contributed by atoms with van der Waals surface area (Å²) in [7, 11) is 5.97. The molecular weight excluding hydrogens is 378 g/mol. The van der Waals surface area contributed by atoms with E-state index >= 15 is 0 Å². The van der Waals surface area contributed by atoms with Crippen molar-refractivity contribution >= 4 is 11.8 Å². The van der Waals surface area contributed by atoms with E-state index in [9.17, 15) is 14.7 Å². The summed E-state index contributed by atoms with van der Waals surface area (Å²) in [5.41, 5.74) is -1.24. The van der Waals surface area contributed by atoms with E-state index in [-0.39, 0.29) is 18.3 Å². The summed E-state index contributed by atoms with van der Waals surface area (Å²) < 4.78 is 6.81. The SMILES string of the molecule is CCCCCCCCCCC(=O)C(CC(=O)O)(C[N+](C)(C)C)OC(C)CCCCC. The fourth-order valence-corrected chi connectivity index (χ4v) is 4.17. The molecule has 1 N–H and O–H groups in total. The molecule has 0 fully saturated rings. The number of carbonyl (C=O) groups is 2. The van der Waals surface area contributed by atoms with Crippen molar-refractivity contribution in [3.8, 4) is 0 Å². The van der Waals surface area contributed by atoms with Gasteiger partial charge < -0.3 is 14.3 Å². The smallest absolute Gasteiger partial charge is 0.307 e. The topological polar surface area (TPSA) is 63.6 Å². The van der Waals surface area contributed by atoms with Gasteiger partial charge in [-0.1, -0.05) is 78.1 Å². The van der Waals surface area contributed by atoms with Gasteiger partial charge in [-0.3, -0.25) is 9.59 Å². The lowest BCUT2D eigenvalue weighted by atomic mass is 9.88. The third-order valence-corrected chi connectivity index (χ3v) is 5.57. The van der Waals surface area contributed by atoms with Crippen LogP contribution in [-0.2, 0) is 14.3 Å². The summed E-state index contributed by atoms with van der Waals surface area (Å²) in [6.45, 7) is 6.74. The van der Waals surface area contributed by atoms with Gasteiger partial charge in [-0.2, -0.15) is 0 Å². The maximum Gasteiger partial charge on any atom is 0.307 e. The van der Waals surface area contributed by atoms with Crippen LogP contribution < -0.4 is 0 Å². The van der Waals surface area contributed by atoms with E-state index in [4.69, 9.17) is 4.74 Å². The number of carbonyl (C=O) groups excluding carboxylic acids is 1. The molecule has 2 unspecified atom stereocenters. The van der Waals surface area contributed by atoms with Crippen LogP contribution in [0.2, 0.25) is 0 Å². The molecule has 2 atom stereocenters. The Morgan fingerprint density at radius 1 is 0.867 bits per heavy atom. The molecule has 5 nitrogen and oxygen atoms in total. The first-order valence-corrected chi connectivity index (χ1v) is 12.3. The van der Waals surface area contributed by atoms with Crippen LogP contribution in [0.3, 0.4) is 0 Å². The first kappa shape index (κ1) is 29.1. The number of hydrogen-bond donors (Lipinski definition) is 1. The van der Waals surface area contributed by atoms with Crippen LogP contribution in [0.25, 0.3) is 0 Å². The molecule has 0 saturated heterocycles. The predicted octanol–water partition coefficient (Wildman–Crippen LogP) is 5.99. The quantitative estimate of drug-likeness (QED) is 0.191. The second-order valence-electron chi connectivity index (χ2n) is 10.1. The van der Waals surface area contributed by atoms with Crippen molar-refractivity contribution in [3.05, 3.63) is 0 Å². The van der Waals surface area contributed by atoms with E-state index in [0.29, 0.717) is 17.4 Å². The molecule has 178 valence electrons. The van der Waals surface area contributed by atoms with Gasteiger partial charge in [-0.05, 0) is 19.8 Å². The summed E-state index contributed by atoms with van der Waals surface area (Å²) >= 11 is 0. The molecule has 30 heavy (non-hydrogen) atoms. The summed E-state index contributed by atoms with van der Waals surface area (Å²) in [6, 6.07) is 0. The highest BCUT2D eigenvalue weighted by molar-refractivity contribution is 5.91. The normalized spacial score (nSPS) is 15.0. The van der Waals surface area contributed by atoms with Crippen molar-refractivity contribution < 1.29 is 23.9 Å². The van der Waals surface area contributed by atoms with Crippen LogP contribution in [0.1, 0.15) is 111 Å². The van der Waals surface area contributed by atoms with Crippen molar-refractivity contribution in [2.24, 2.45) is 0 Å². The summed E-state index contributed by atoms with van der Waals surface area (Å²) in [5.74, 6) is -1.00. The Morgan fingerprint density at radius 3 is 1.87 bits per heavy atom. The van der Waals surface area contributed by atoms with Crippen molar-refractivity contribution in [1.82, 2.24) is 0 Å². The lowest BCUT2D eigenvalue weighted by Crippen LogP contribution is -2.57. The van der Waals surface area contributed by atoms with Gasteiger partial charge in [0, 0.05) is 6.42 Å². The van der Waals surface area contributed by atoms with Gasteiger partial charge in [0.1, 0.15) is 6.54 Å². The standard InChI is InChI=1S/C25H49NO4/c1-7-9-11-12-13-14-15-17-19-23(27)25(20-24(28)29,21-26(4,5)6)30-22(3)18-16-10-8-2/h22H,7-21H2,1-6H3/p+1. The molecule has 0 spiro atoms. The first-order chi connectivity index (χ1) is 14.1. The highest BCUT2D eigenvalue weighted by Gasteiger charge is 2.46. The van der Waals surface area contributed by atoms with E-state index in [2.05, 4.69) is 13.8 Å². The Hall–Kier alpha value is -0.940. The number of unbranched alkanes of at least 4 members (excludes halogenated alkanes) is 9. The Kier molecular flexibility index (Phi) is 15.3. The Balaban J connectivity index is 5.00. The molecule has 0 aliphatic rings. The minimum Gasteiger partial charge on any atom is -0.481 e. The molecule has 0 rings (SSSR count). The zero-order chi connectivity index (χ0) is 23.0. The number of ether oxygens (including phenoxy) is 1. The highest BCUT2D eigenvalue weighted by atomic mass is 16.5. The minimum atomic E-state index is -1.24.